The van der Waals surface area contributed by atoms with E-state index in [1.54, 1.807) is 37.2 Å². The van der Waals surface area contributed by atoms with Gasteiger partial charge in [0.1, 0.15) is 11.5 Å². The van der Waals surface area contributed by atoms with Crippen molar-refractivity contribution in [1.29, 1.82) is 0 Å². The van der Waals surface area contributed by atoms with Crippen molar-refractivity contribution in [1.82, 2.24) is 10.3 Å². The molecule has 0 saturated carbocycles. The first kappa shape index (κ1) is 23.2. The zero-order chi connectivity index (χ0) is 23.2. The lowest BCUT2D eigenvalue weighted by Gasteiger charge is -2.21. The summed E-state index contributed by atoms with van der Waals surface area (Å²) in [5.74, 6) is 1.56. The third-order valence-electron chi connectivity index (χ3n) is 5.10. The van der Waals surface area contributed by atoms with Gasteiger partial charge in [-0.05, 0) is 54.1 Å². The van der Waals surface area contributed by atoms with Crippen LogP contribution in [0.1, 0.15) is 23.8 Å². The zero-order valence-electron chi connectivity index (χ0n) is 18.2. The van der Waals surface area contributed by atoms with E-state index in [0.29, 0.717) is 24.5 Å². The number of hydrogen-bond acceptors (Lipinski definition) is 8. The minimum Gasteiger partial charge on any atom is -0.755 e. The van der Waals surface area contributed by atoms with Crippen LogP contribution in [0.5, 0.6) is 5.75 Å². The number of ether oxygens (including phenoxy) is 1. The van der Waals surface area contributed by atoms with Crippen molar-refractivity contribution in [3.63, 3.8) is 0 Å². The van der Waals surface area contributed by atoms with E-state index in [1.165, 1.54) is 0 Å². The van der Waals surface area contributed by atoms with Crippen LogP contribution >= 0.6 is 11.8 Å². The van der Waals surface area contributed by atoms with Gasteiger partial charge in [-0.1, -0.05) is 24.3 Å². The highest BCUT2D eigenvalue weighted by molar-refractivity contribution is 8.02. The first-order chi connectivity index (χ1) is 16.0. The average Bonchev–Trinajstić information content (AvgIpc) is 3.43. The van der Waals surface area contributed by atoms with E-state index in [-0.39, 0.29) is 11.4 Å². The molecule has 0 bridgehead atoms. The van der Waals surface area contributed by atoms with Crippen LogP contribution in [-0.2, 0) is 24.1 Å². The molecule has 1 aliphatic rings. The lowest BCUT2D eigenvalue weighted by molar-refractivity contribution is 0.414. The summed E-state index contributed by atoms with van der Waals surface area (Å²) in [6.45, 7) is 2.10. The maximum Gasteiger partial charge on any atom is 0.295 e. The van der Waals surface area contributed by atoms with Crippen molar-refractivity contribution in [2.24, 2.45) is 0 Å². The molecule has 0 aliphatic carbocycles. The SMILES string of the molecule is COc1cccc(Cc2cnc(N[C@@H](Cc3ccc(NS(=O)[O-])cc3)C3=CSC(C)N3)o2)c1. The highest BCUT2D eigenvalue weighted by Gasteiger charge is 2.23. The number of thioether (sulfide) groups is 1. The Balaban J connectivity index is 1.46. The Morgan fingerprint density at radius 3 is 2.79 bits per heavy atom. The van der Waals surface area contributed by atoms with Crippen LogP contribution in [0.2, 0.25) is 0 Å². The Hall–Kier alpha value is -2.95. The molecule has 3 atom stereocenters. The fourth-order valence-electron chi connectivity index (χ4n) is 3.53. The van der Waals surface area contributed by atoms with Crippen molar-refractivity contribution in [3.05, 3.63) is 82.7 Å². The summed E-state index contributed by atoms with van der Waals surface area (Å²) in [7, 11) is 1.65. The molecule has 3 aromatic rings. The summed E-state index contributed by atoms with van der Waals surface area (Å²) in [5, 5.41) is 9.28. The number of oxazole rings is 1. The van der Waals surface area contributed by atoms with E-state index < -0.39 is 11.3 Å². The lowest BCUT2D eigenvalue weighted by atomic mass is 10.0. The number of anilines is 2. The monoisotopic (exact) mass is 485 g/mol. The van der Waals surface area contributed by atoms with Gasteiger partial charge in [0.2, 0.25) is 0 Å². The van der Waals surface area contributed by atoms with Crippen LogP contribution in [0.15, 0.2) is 70.3 Å². The van der Waals surface area contributed by atoms with Crippen LogP contribution in [0.25, 0.3) is 0 Å². The maximum absolute atomic E-state index is 10.8. The van der Waals surface area contributed by atoms with E-state index in [0.717, 1.165) is 28.3 Å². The van der Waals surface area contributed by atoms with Crippen LogP contribution in [-0.4, -0.2) is 32.3 Å². The first-order valence-electron chi connectivity index (χ1n) is 10.4. The van der Waals surface area contributed by atoms with Crippen molar-refractivity contribution >= 4 is 34.7 Å². The van der Waals surface area contributed by atoms with Gasteiger partial charge in [0.25, 0.3) is 6.01 Å². The Kier molecular flexibility index (Phi) is 7.58. The fourth-order valence-corrected chi connectivity index (χ4v) is 4.64. The maximum atomic E-state index is 10.8. The average molecular weight is 486 g/mol. The smallest absolute Gasteiger partial charge is 0.295 e. The molecule has 4 rings (SSSR count). The molecule has 8 nitrogen and oxygen atoms in total. The van der Waals surface area contributed by atoms with Crippen LogP contribution in [0, 0.1) is 0 Å². The van der Waals surface area contributed by atoms with E-state index in [2.05, 4.69) is 32.7 Å². The second kappa shape index (κ2) is 10.8. The van der Waals surface area contributed by atoms with Crippen LogP contribution in [0.3, 0.4) is 0 Å². The van der Waals surface area contributed by atoms with Crippen molar-refractivity contribution < 1.29 is 17.9 Å². The van der Waals surface area contributed by atoms with Crippen LogP contribution < -0.4 is 20.1 Å². The molecule has 33 heavy (non-hydrogen) atoms. The predicted molar refractivity (Wildman–Crippen MR) is 131 cm³/mol. The topological polar surface area (TPSA) is 111 Å². The predicted octanol–water partition coefficient (Wildman–Crippen LogP) is 4.03. The van der Waals surface area contributed by atoms with Gasteiger partial charge in [0.15, 0.2) is 0 Å². The molecule has 1 aliphatic heterocycles. The summed E-state index contributed by atoms with van der Waals surface area (Å²) < 4.78 is 35.3. The standard InChI is InChI=1S/C23H26N4O4S2/c1-15-25-22(14-32-15)21(12-16-6-8-18(9-7-16)27-33(28)29)26-23-24-13-20(31-23)11-17-4-3-5-19(10-17)30-2/h3-10,13-15,21,25,27H,11-12H2,1-2H3,(H,24,26)(H,28,29)/p-1/t15?,21-/m0/s1. The van der Waals surface area contributed by atoms with Gasteiger partial charge >= 0.3 is 0 Å². The zero-order valence-corrected chi connectivity index (χ0v) is 19.9. The molecule has 0 spiro atoms. The molecule has 174 valence electrons. The molecular formula is C23H25N4O4S2-. The normalized spacial score (nSPS) is 17.1. The molecule has 3 N–H and O–H groups in total. The number of nitrogens with one attached hydrogen (secondary N) is 3. The van der Waals surface area contributed by atoms with Gasteiger partial charge in [-0.25, -0.2) is 4.98 Å². The molecule has 0 saturated heterocycles. The van der Waals surface area contributed by atoms with Gasteiger partial charge in [0.05, 0.1) is 24.7 Å². The summed E-state index contributed by atoms with van der Waals surface area (Å²) in [6.07, 6.45) is 3.01. The molecule has 2 heterocycles. The number of aromatic nitrogens is 1. The number of hydrogen-bond donors (Lipinski definition) is 3. The Morgan fingerprint density at radius 1 is 1.27 bits per heavy atom. The number of rotatable bonds is 10. The quantitative estimate of drug-likeness (QED) is 0.369. The second-order valence-electron chi connectivity index (χ2n) is 7.59. The summed E-state index contributed by atoms with van der Waals surface area (Å²) in [4.78, 5) is 4.42. The Labute approximate surface area is 199 Å². The largest absolute Gasteiger partial charge is 0.755 e. The van der Waals surface area contributed by atoms with E-state index in [4.69, 9.17) is 9.15 Å². The highest BCUT2D eigenvalue weighted by Crippen LogP contribution is 2.26. The second-order valence-corrected chi connectivity index (χ2v) is 9.48. The van der Waals surface area contributed by atoms with E-state index in [9.17, 15) is 8.76 Å². The molecule has 0 radical (unpaired) electrons. The molecule has 2 unspecified atom stereocenters. The molecule has 10 heteroatoms. The van der Waals surface area contributed by atoms with Crippen molar-refractivity contribution in [2.45, 2.75) is 31.2 Å². The minimum atomic E-state index is -2.34. The summed E-state index contributed by atoms with van der Waals surface area (Å²) in [5.41, 5.74) is 3.70. The summed E-state index contributed by atoms with van der Waals surface area (Å²) in [6, 6.07) is 15.5. The van der Waals surface area contributed by atoms with Crippen molar-refractivity contribution in [3.8, 4) is 5.75 Å². The van der Waals surface area contributed by atoms with Gasteiger partial charge in [-0.2, -0.15) is 0 Å². The van der Waals surface area contributed by atoms with E-state index in [1.807, 2.05) is 36.4 Å². The van der Waals surface area contributed by atoms with Gasteiger partial charge in [-0.15, -0.1) is 11.8 Å². The number of methoxy groups -OCH3 is 1. The first-order valence-corrected chi connectivity index (χ1v) is 12.4. The fraction of sp³-hybridized carbons (Fsp3) is 0.261. The molecule has 0 amide bonds. The third kappa shape index (κ3) is 6.53. The molecule has 1 aromatic heterocycles. The minimum absolute atomic E-state index is 0.0850. The van der Waals surface area contributed by atoms with Gasteiger partial charge < -0.3 is 29.1 Å². The third-order valence-corrected chi connectivity index (χ3v) is 6.42. The Morgan fingerprint density at radius 2 is 2.09 bits per heavy atom. The number of nitrogens with zero attached hydrogens (tertiary/aromatic N) is 1. The van der Waals surface area contributed by atoms with Crippen molar-refractivity contribution in [2.75, 3.05) is 17.1 Å². The molecule has 2 aromatic carbocycles. The molecular weight excluding hydrogens is 460 g/mol. The van der Waals surface area contributed by atoms with Gasteiger partial charge in [-0.3, -0.25) is 4.21 Å². The Bertz CT molecular complexity index is 1130. The van der Waals surface area contributed by atoms with E-state index >= 15 is 0 Å². The number of benzene rings is 2. The molecule has 0 fully saturated rings. The lowest BCUT2D eigenvalue weighted by Crippen LogP contribution is -2.32. The summed E-state index contributed by atoms with van der Waals surface area (Å²) >= 11 is -0.623. The highest BCUT2D eigenvalue weighted by atomic mass is 32.2. The van der Waals surface area contributed by atoms with Gasteiger partial charge in [0, 0.05) is 29.1 Å². The van der Waals surface area contributed by atoms with Crippen LogP contribution in [0.4, 0.5) is 11.7 Å².